The lowest BCUT2D eigenvalue weighted by Gasteiger charge is -2.20. The summed E-state index contributed by atoms with van der Waals surface area (Å²) in [7, 11) is 0. The number of fused-ring (bicyclic) bond motifs is 1. The number of carbonyl (C=O) groups is 1. The van der Waals surface area contributed by atoms with Crippen LogP contribution in [0.3, 0.4) is 0 Å². The highest BCUT2D eigenvalue weighted by atomic mass is 79.9. The van der Waals surface area contributed by atoms with Crippen molar-refractivity contribution in [2.24, 2.45) is 0 Å². The highest BCUT2D eigenvalue weighted by Gasteiger charge is 2.28. The van der Waals surface area contributed by atoms with Crippen LogP contribution in [0.4, 0.5) is 15.9 Å². The van der Waals surface area contributed by atoms with E-state index in [1.807, 2.05) is 0 Å². The van der Waals surface area contributed by atoms with Gasteiger partial charge in [-0.2, -0.15) is 0 Å². The topological polar surface area (TPSA) is 81.3 Å². The maximum absolute atomic E-state index is 13.7. The van der Waals surface area contributed by atoms with Gasteiger partial charge in [0.25, 0.3) is 5.91 Å². The number of aromatic nitrogens is 2. The minimum Gasteiger partial charge on any atom is -0.475 e. The number of halogens is 2. The van der Waals surface area contributed by atoms with Crippen LogP contribution >= 0.6 is 15.9 Å². The number of hydrogen-bond acceptors (Lipinski definition) is 5. The Kier molecular flexibility index (Phi) is 3.46. The Balaban J connectivity index is 2.06. The highest BCUT2D eigenvalue weighted by molar-refractivity contribution is 9.10. The van der Waals surface area contributed by atoms with Crippen LogP contribution in [0.1, 0.15) is 10.4 Å². The highest BCUT2D eigenvalue weighted by Crippen LogP contribution is 2.29. The number of benzene rings is 1. The summed E-state index contributed by atoms with van der Waals surface area (Å²) in [4.78, 5) is 21.7. The summed E-state index contributed by atoms with van der Waals surface area (Å²) in [5.41, 5.74) is 6.25. The zero-order chi connectivity index (χ0) is 15.0. The average Bonchev–Trinajstić information content (AvgIpc) is 2.62. The molecule has 108 valence electrons. The first-order chi connectivity index (χ1) is 10.1. The van der Waals surface area contributed by atoms with Crippen molar-refractivity contribution < 1.29 is 13.9 Å². The van der Waals surface area contributed by atoms with Crippen molar-refractivity contribution in [1.29, 1.82) is 0 Å². The van der Waals surface area contributed by atoms with Gasteiger partial charge in [0.05, 0.1) is 11.0 Å². The lowest BCUT2D eigenvalue weighted by atomic mass is 10.2. The standard InChI is InChI=1S/C13H10BrFN4O2/c14-8-2-1-7(5-9(8)15)19-3-4-21-12-10(13(19)20)11(16)17-6-18-12/h1-2,5-6H,3-4H2,(H2,16,17,18). The number of nitrogens with two attached hydrogens (primary N) is 1. The maximum Gasteiger partial charge on any atom is 0.267 e. The van der Waals surface area contributed by atoms with Crippen molar-refractivity contribution in [1.82, 2.24) is 9.97 Å². The van der Waals surface area contributed by atoms with E-state index < -0.39 is 11.7 Å². The van der Waals surface area contributed by atoms with E-state index in [-0.39, 0.29) is 30.4 Å². The molecule has 0 radical (unpaired) electrons. The van der Waals surface area contributed by atoms with Crippen molar-refractivity contribution in [3.8, 4) is 5.88 Å². The van der Waals surface area contributed by atoms with Crippen molar-refractivity contribution in [3.63, 3.8) is 0 Å². The minimum absolute atomic E-state index is 0.0366. The Hall–Kier alpha value is -2.22. The fraction of sp³-hybridized carbons (Fsp3) is 0.154. The zero-order valence-electron chi connectivity index (χ0n) is 10.7. The van der Waals surface area contributed by atoms with E-state index in [0.29, 0.717) is 10.2 Å². The summed E-state index contributed by atoms with van der Waals surface area (Å²) in [6.45, 7) is 0.489. The fourth-order valence-electron chi connectivity index (χ4n) is 2.06. The Morgan fingerprint density at radius 3 is 2.95 bits per heavy atom. The number of anilines is 2. The minimum atomic E-state index is -0.456. The first kappa shape index (κ1) is 13.7. The van der Waals surface area contributed by atoms with E-state index in [9.17, 15) is 9.18 Å². The van der Waals surface area contributed by atoms with Crippen molar-refractivity contribution in [3.05, 3.63) is 40.4 Å². The second kappa shape index (κ2) is 5.28. The smallest absolute Gasteiger partial charge is 0.267 e. The molecule has 2 heterocycles. The van der Waals surface area contributed by atoms with Gasteiger partial charge in [-0.25, -0.2) is 14.4 Å². The summed E-state index contributed by atoms with van der Waals surface area (Å²) < 4.78 is 19.4. The summed E-state index contributed by atoms with van der Waals surface area (Å²) >= 11 is 3.08. The van der Waals surface area contributed by atoms with Crippen LogP contribution in [0.5, 0.6) is 5.88 Å². The van der Waals surface area contributed by atoms with Crippen LogP contribution in [-0.4, -0.2) is 29.0 Å². The molecule has 1 aliphatic rings. The number of carbonyl (C=O) groups excluding carboxylic acids is 1. The van der Waals surface area contributed by atoms with Gasteiger partial charge in [-0.15, -0.1) is 0 Å². The molecule has 0 aliphatic carbocycles. The first-order valence-corrected chi connectivity index (χ1v) is 6.87. The monoisotopic (exact) mass is 352 g/mol. The molecule has 0 atom stereocenters. The Morgan fingerprint density at radius 1 is 1.38 bits per heavy atom. The number of amides is 1. The summed E-state index contributed by atoms with van der Waals surface area (Å²) in [5.74, 6) is -0.688. The maximum atomic E-state index is 13.7. The largest absolute Gasteiger partial charge is 0.475 e. The molecule has 0 bridgehead atoms. The second-order valence-electron chi connectivity index (χ2n) is 4.34. The molecular formula is C13H10BrFN4O2. The number of ether oxygens (including phenoxy) is 1. The van der Waals surface area contributed by atoms with Crippen LogP contribution in [0.15, 0.2) is 29.0 Å². The normalized spacial score (nSPS) is 14.4. The molecule has 0 spiro atoms. The van der Waals surface area contributed by atoms with Crippen LogP contribution in [0.2, 0.25) is 0 Å². The Bertz CT molecular complexity index is 725. The van der Waals surface area contributed by atoms with Gasteiger partial charge in [0.1, 0.15) is 30.1 Å². The molecule has 1 aliphatic heterocycles. The average molecular weight is 353 g/mol. The van der Waals surface area contributed by atoms with Gasteiger partial charge in [0.15, 0.2) is 0 Å². The quantitative estimate of drug-likeness (QED) is 0.848. The number of nitrogens with zero attached hydrogens (tertiary/aromatic N) is 3. The molecule has 8 heteroatoms. The van der Waals surface area contributed by atoms with Crippen LogP contribution in [0, 0.1) is 5.82 Å². The molecule has 0 saturated heterocycles. The molecule has 3 rings (SSSR count). The van der Waals surface area contributed by atoms with Gasteiger partial charge in [-0.3, -0.25) is 4.79 Å². The molecule has 0 saturated carbocycles. The summed E-state index contributed by atoms with van der Waals surface area (Å²) in [6, 6.07) is 4.44. The van der Waals surface area contributed by atoms with Crippen molar-refractivity contribution in [2.45, 2.75) is 0 Å². The van der Waals surface area contributed by atoms with Gasteiger partial charge in [-0.05, 0) is 34.1 Å². The fourth-order valence-corrected chi connectivity index (χ4v) is 2.31. The Morgan fingerprint density at radius 2 is 2.19 bits per heavy atom. The molecule has 2 aromatic rings. The number of nitrogen functional groups attached to an aromatic ring is 1. The molecule has 21 heavy (non-hydrogen) atoms. The third-order valence-corrected chi connectivity index (χ3v) is 3.71. The predicted octanol–water partition coefficient (Wildman–Crippen LogP) is 2.00. The summed E-state index contributed by atoms with van der Waals surface area (Å²) in [6.07, 6.45) is 1.23. The lowest BCUT2D eigenvalue weighted by Crippen LogP contribution is -2.32. The molecule has 2 N–H and O–H groups in total. The first-order valence-electron chi connectivity index (χ1n) is 6.08. The predicted molar refractivity (Wildman–Crippen MR) is 77.7 cm³/mol. The van der Waals surface area contributed by atoms with E-state index in [4.69, 9.17) is 10.5 Å². The third kappa shape index (κ3) is 2.42. The summed E-state index contributed by atoms with van der Waals surface area (Å²) in [5, 5.41) is 0. The van der Waals surface area contributed by atoms with Crippen molar-refractivity contribution >= 4 is 33.3 Å². The third-order valence-electron chi connectivity index (χ3n) is 3.07. The van der Waals surface area contributed by atoms with Gasteiger partial charge < -0.3 is 15.4 Å². The van der Waals surface area contributed by atoms with Gasteiger partial charge >= 0.3 is 0 Å². The number of rotatable bonds is 1. The van der Waals surface area contributed by atoms with Crippen molar-refractivity contribution in [2.75, 3.05) is 23.8 Å². The Labute approximate surface area is 127 Å². The molecule has 1 aromatic heterocycles. The molecule has 0 unspecified atom stereocenters. The van der Waals surface area contributed by atoms with Gasteiger partial charge in [-0.1, -0.05) is 0 Å². The van der Waals surface area contributed by atoms with Gasteiger partial charge in [0.2, 0.25) is 5.88 Å². The van der Waals surface area contributed by atoms with Crippen LogP contribution in [0.25, 0.3) is 0 Å². The molecule has 1 amide bonds. The SMILES string of the molecule is Nc1ncnc2c1C(=O)N(c1ccc(Br)c(F)c1)CCO2. The van der Waals surface area contributed by atoms with Crippen LogP contribution in [-0.2, 0) is 0 Å². The van der Waals surface area contributed by atoms with E-state index in [1.54, 1.807) is 6.07 Å². The van der Waals surface area contributed by atoms with E-state index in [1.165, 1.54) is 23.4 Å². The number of hydrogen-bond donors (Lipinski definition) is 1. The molecular weight excluding hydrogens is 343 g/mol. The second-order valence-corrected chi connectivity index (χ2v) is 5.20. The molecule has 1 aromatic carbocycles. The van der Waals surface area contributed by atoms with Gasteiger partial charge in [0, 0.05) is 5.69 Å². The van der Waals surface area contributed by atoms with E-state index >= 15 is 0 Å². The van der Waals surface area contributed by atoms with E-state index in [2.05, 4.69) is 25.9 Å². The zero-order valence-corrected chi connectivity index (χ0v) is 12.3. The van der Waals surface area contributed by atoms with Crippen LogP contribution < -0.4 is 15.4 Å². The molecule has 6 nitrogen and oxygen atoms in total. The lowest BCUT2D eigenvalue weighted by molar-refractivity contribution is 0.0990. The molecule has 0 fully saturated rings. The van der Waals surface area contributed by atoms with E-state index in [0.717, 1.165) is 0 Å².